The van der Waals surface area contributed by atoms with Crippen LogP contribution in [-0.2, 0) is 27.5 Å². The summed E-state index contributed by atoms with van der Waals surface area (Å²) in [5.41, 5.74) is 0.403. The third-order valence-corrected chi connectivity index (χ3v) is 5.73. The Balaban J connectivity index is 1.98. The maximum Gasteiger partial charge on any atom is 0.306 e. The summed E-state index contributed by atoms with van der Waals surface area (Å²) in [6.07, 6.45) is 0.620. The largest absolute Gasteiger partial charge is 0.502 e. The molecule has 1 amide bonds. The molecule has 2 heterocycles. The average Bonchev–Trinajstić information content (AvgIpc) is 2.84. The van der Waals surface area contributed by atoms with Gasteiger partial charge in [-0.3, -0.25) is 19.3 Å². The molecular formula is C23H28N2O8. The monoisotopic (exact) mass is 460 g/mol. The smallest absolute Gasteiger partial charge is 0.306 e. The molecule has 0 aliphatic carbocycles. The zero-order valence-corrected chi connectivity index (χ0v) is 18.7. The molecule has 3 rings (SSSR count). The zero-order valence-electron chi connectivity index (χ0n) is 18.7. The van der Waals surface area contributed by atoms with Gasteiger partial charge in [-0.25, -0.2) is 0 Å². The number of piperazine rings is 1. The molecule has 10 nitrogen and oxygen atoms in total. The van der Waals surface area contributed by atoms with E-state index in [1.165, 1.54) is 20.3 Å². The number of aromatic hydroxyl groups is 1. The van der Waals surface area contributed by atoms with Crippen molar-refractivity contribution in [1.29, 1.82) is 0 Å². The van der Waals surface area contributed by atoms with Gasteiger partial charge in [0.25, 0.3) is 0 Å². The van der Waals surface area contributed by atoms with Gasteiger partial charge in [-0.15, -0.1) is 0 Å². The minimum Gasteiger partial charge on any atom is -0.502 e. The minimum absolute atomic E-state index is 0.0523. The first-order chi connectivity index (χ1) is 15.9. The minimum atomic E-state index is -0.826. The Morgan fingerprint density at radius 1 is 1.21 bits per heavy atom. The van der Waals surface area contributed by atoms with E-state index in [0.717, 1.165) is 6.41 Å². The number of benzene rings is 1. The van der Waals surface area contributed by atoms with Crippen molar-refractivity contribution < 1.29 is 33.7 Å². The summed E-state index contributed by atoms with van der Waals surface area (Å²) in [5, 5.41) is 20.2. The van der Waals surface area contributed by atoms with E-state index in [-0.39, 0.29) is 18.8 Å². The molecular weight excluding hydrogens is 432 g/mol. The number of carbonyl (C=O) groups excluding carboxylic acids is 2. The highest BCUT2D eigenvalue weighted by Crippen LogP contribution is 2.35. The van der Waals surface area contributed by atoms with Crippen LogP contribution in [-0.4, -0.2) is 72.8 Å². The van der Waals surface area contributed by atoms with Crippen LogP contribution in [0.1, 0.15) is 35.0 Å². The highest BCUT2D eigenvalue weighted by molar-refractivity contribution is 5.71. The second-order valence-electron chi connectivity index (χ2n) is 7.77. The van der Waals surface area contributed by atoms with Crippen molar-refractivity contribution in [3.05, 3.63) is 57.1 Å². The fourth-order valence-corrected chi connectivity index (χ4v) is 3.87. The molecule has 0 bridgehead atoms. The molecule has 2 N–H and O–H groups in total. The first-order valence-electron chi connectivity index (χ1n) is 10.5. The molecule has 1 fully saturated rings. The van der Waals surface area contributed by atoms with E-state index in [1.807, 2.05) is 4.90 Å². The number of ether oxygens (including phenoxy) is 2. The van der Waals surface area contributed by atoms with Crippen molar-refractivity contribution in [2.45, 2.75) is 25.5 Å². The Morgan fingerprint density at radius 3 is 2.55 bits per heavy atom. The fraction of sp³-hybridized carbons (Fsp3) is 0.435. The maximum absolute atomic E-state index is 12.6. The number of hydrogen-bond acceptors (Lipinski definition) is 9. The van der Waals surface area contributed by atoms with Crippen LogP contribution in [0.25, 0.3) is 0 Å². The van der Waals surface area contributed by atoms with E-state index >= 15 is 0 Å². The summed E-state index contributed by atoms with van der Waals surface area (Å²) >= 11 is 0. The molecule has 2 aromatic rings. The van der Waals surface area contributed by atoms with Gasteiger partial charge in [0, 0.05) is 37.8 Å². The first kappa shape index (κ1) is 24.3. The molecule has 1 atom stereocenters. The Labute approximate surface area is 190 Å². The Morgan fingerprint density at radius 2 is 1.94 bits per heavy atom. The number of methoxy groups -OCH3 is 2. The Kier molecular flexibility index (Phi) is 8.07. The maximum atomic E-state index is 12.6. The SMILES string of the molecule is COC(=O)C[C@@H](c1ccc(OC)c(CO)c1)c1oc(CN2CCN(C=O)CC2)cc(=O)c1O. The van der Waals surface area contributed by atoms with Gasteiger partial charge in [-0.2, -0.15) is 0 Å². The van der Waals surface area contributed by atoms with Crippen molar-refractivity contribution in [2.24, 2.45) is 0 Å². The molecule has 1 aliphatic rings. The predicted octanol–water partition coefficient (Wildman–Crippen LogP) is 0.815. The molecule has 1 aliphatic heterocycles. The summed E-state index contributed by atoms with van der Waals surface area (Å²) in [5.74, 6) is -1.22. The molecule has 1 saturated heterocycles. The van der Waals surface area contributed by atoms with Crippen LogP contribution in [0, 0.1) is 0 Å². The summed E-state index contributed by atoms with van der Waals surface area (Å²) in [6.45, 7) is 2.37. The molecule has 33 heavy (non-hydrogen) atoms. The summed E-state index contributed by atoms with van der Waals surface area (Å²) in [6, 6.07) is 6.18. The second kappa shape index (κ2) is 11.0. The molecule has 0 radical (unpaired) electrons. The third-order valence-electron chi connectivity index (χ3n) is 5.73. The van der Waals surface area contributed by atoms with Crippen molar-refractivity contribution in [3.63, 3.8) is 0 Å². The van der Waals surface area contributed by atoms with Gasteiger partial charge in [-0.05, 0) is 17.7 Å². The van der Waals surface area contributed by atoms with Crippen LogP contribution < -0.4 is 10.2 Å². The lowest BCUT2D eigenvalue weighted by atomic mass is 9.91. The lowest BCUT2D eigenvalue weighted by Crippen LogP contribution is -2.45. The average molecular weight is 460 g/mol. The van der Waals surface area contributed by atoms with E-state index in [9.17, 15) is 24.6 Å². The number of hydrogen-bond donors (Lipinski definition) is 2. The van der Waals surface area contributed by atoms with Crippen LogP contribution in [0.2, 0.25) is 0 Å². The third kappa shape index (κ3) is 5.71. The number of aliphatic hydroxyl groups is 1. The van der Waals surface area contributed by atoms with Crippen molar-refractivity contribution in [2.75, 3.05) is 40.4 Å². The number of esters is 1. The lowest BCUT2D eigenvalue weighted by Gasteiger charge is -2.32. The Hall–Kier alpha value is -3.37. The van der Waals surface area contributed by atoms with Crippen LogP contribution >= 0.6 is 0 Å². The van der Waals surface area contributed by atoms with Gasteiger partial charge in [0.05, 0.1) is 39.7 Å². The Bertz CT molecular complexity index is 1040. The molecule has 10 heteroatoms. The number of rotatable bonds is 9. The van der Waals surface area contributed by atoms with Crippen LogP contribution in [0.5, 0.6) is 11.5 Å². The summed E-state index contributed by atoms with van der Waals surface area (Å²) in [7, 11) is 2.72. The van der Waals surface area contributed by atoms with Gasteiger partial charge < -0.3 is 29.0 Å². The molecule has 0 unspecified atom stereocenters. The van der Waals surface area contributed by atoms with Crippen LogP contribution in [0.15, 0.2) is 33.5 Å². The topological polar surface area (TPSA) is 130 Å². The van der Waals surface area contributed by atoms with Gasteiger partial charge in [0.15, 0.2) is 5.76 Å². The van der Waals surface area contributed by atoms with Gasteiger partial charge in [0.1, 0.15) is 11.5 Å². The standard InChI is InChI=1S/C23H28N2O8/c1-31-20-4-3-15(9-16(20)13-26)18(11-21(29)32-2)23-22(30)19(28)10-17(33-23)12-24-5-7-25(14-27)8-6-24/h3-4,9-10,14,18,26,30H,5-8,11-13H2,1-2H3/t18-/m0/s1. The molecule has 0 spiro atoms. The number of nitrogens with zero attached hydrogens (tertiary/aromatic N) is 2. The first-order valence-corrected chi connectivity index (χ1v) is 10.5. The van der Waals surface area contributed by atoms with Crippen molar-refractivity contribution in [3.8, 4) is 11.5 Å². The predicted molar refractivity (Wildman–Crippen MR) is 117 cm³/mol. The quantitative estimate of drug-likeness (QED) is 0.412. The zero-order chi connectivity index (χ0) is 24.0. The van der Waals surface area contributed by atoms with Crippen molar-refractivity contribution in [1.82, 2.24) is 9.80 Å². The van der Waals surface area contributed by atoms with E-state index in [2.05, 4.69) is 0 Å². The highest BCUT2D eigenvalue weighted by Gasteiger charge is 2.28. The van der Waals surface area contributed by atoms with E-state index in [1.54, 1.807) is 23.1 Å². The van der Waals surface area contributed by atoms with Crippen molar-refractivity contribution >= 4 is 12.4 Å². The number of aliphatic hydroxyl groups excluding tert-OH is 1. The molecule has 1 aromatic carbocycles. The van der Waals surface area contributed by atoms with Gasteiger partial charge in [0.2, 0.25) is 17.6 Å². The van der Waals surface area contributed by atoms with Gasteiger partial charge >= 0.3 is 5.97 Å². The normalized spacial score (nSPS) is 15.2. The fourth-order valence-electron chi connectivity index (χ4n) is 3.87. The van der Waals surface area contributed by atoms with Crippen LogP contribution in [0.4, 0.5) is 0 Å². The molecule has 178 valence electrons. The highest BCUT2D eigenvalue weighted by atomic mass is 16.5. The van der Waals surface area contributed by atoms with Gasteiger partial charge in [-0.1, -0.05) is 6.07 Å². The molecule has 1 aromatic heterocycles. The summed E-state index contributed by atoms with van der Waals surface area (Å²) < 4.78 is 16.0. The van der Waals surface area contributed by atoms with E-state index in [0.29, 0.717) is 55.4 Å². The second-order valence-corrected chi connectivity index (χ2v) is 7.77. The number of carbonyl (C=O) groups is 2. The number of amides is 1. The molecule has 0 saturated carbocycles. The van der Waals surface area contributed by atoms with E-state index < -0.39 is 23.1 Å². The van der Waals surface area contributed by atoms with Crippen LogP contribution in [0.3, 0.4) is 0 Å². The van der Waals surface area contributed by atoms with E-state index in [4.69, 9.17) is 13.9 Å². The lowest BCUT2D eigenvalue weighted by molar-refractivity contribution is -0.141. The summed E-state index contributed by atoms with van der Waals surface area (Å²) in [4.78, 5) is 39.3.